The van der Waals surface area contributed by atoms with E-state index >= 15 is 0 Å². The third kappa shape index (κ3) is 27.5. The number of hydrogen-bond acceptors (Lipinski definition) is 18. The average Bonchev–Trinajstić information content (AvgIpc) is 3.96. The van der Waals surface area contributed by atoms with Crippen molar-refractivity contribution >= 4 is 69.1 Å². The van der Waals surface area contributed by atoms with E-state index in [0.717, 1.165) is 106 Å². The van der Waals surface area contributed by atoms with E-state index in [1.807, 2.05) is 6.08 Å². The third-order valence-electron chi connectivity index (χ3n) is 11.1. The fraction of sp³-hybridized carbons (Fsp3) is 0.551. The van der Waals surface area contributed by atoms with Gasteiger partial charge in [-0.15, -0.1) is 0 Å². The van der Waals surface area contributed by atoms with Gasteiger partial charge in [-0.1, -0.05) is 124 Å². The van der Waals surface area contributed by atoms with Crippen molar-refractivity contribution in [1.29, 1.82) is 0 Å². The number of nitrogen functional groups attached to an aromatic ring is 1. The standard InChI is InChI=1S/C49H76N7O17P3S/c1-4-5-6-7-8-9-10-11-12-13-14-15-16-17-18-19-20-21-22-23-24-25-26-27-28-29-40(58)77-33-32-51-39(57)30-31-52-47(61)44(60)49(2,3)35-70-76(67,68)73-75(65,66)69-34-38-43(72-74(62,63)64)42(59)48(71-38)56-37-55-41-45(50)53-36-54-46(41)56/h5-6,8-9,11-12,14-15,17-18,20-21,28-29,36-38,42-44,48,59-60H,4,7,10,13,16,19,22-27,30-35H2,1-3H3,(H,51,57)(H,52,61)(H,65,66)(H,67,68)(H2,50,53,54)(H2,62,63,64)/b6-5-,9-8-,12-11-,15-14-,18-17-,21-20-,29-28+/t38-,42-,43-,44+,48-/m1/s1. The molecule has 0 spiro atoms. The maximum atomic E-state index is 12.8. The fourth-order valence-electron chi connectivity index (χ4n) is 7.03. The predicted octanol–water partition coefficient (Wildman–Crippen LogP) is 7.26. The van der Waals surface area contributed by atoms with Crippen LogP contribution in [0.4, 0.5) is 5.82 Å². The lowest BCUT2D eigenvalue weighted by atomic mass is 9.87. The number of thioether (sulfide) groups is 1. The van der Waals surface area contributed by atoms with E-state index in [2.05, 4.69) is 114 Å². The Morgan fingerprint density at radius 1 is 0.805 bits per heavy atom. The van der Waals surface area contributed by atoms with Gasteiger partial charge in [0.2, 0.25) is 16.9 Å². The van der Waals surface area contributed by atoms with Crippen LogP contribution in [0.1, 0.15) is 110 Å². The molecule has 2 amide bonds. The molecule has 0 radical (unpaired) electrons. The first-order valence-corrected chi connectivity index (χ1v) is 30.7. The number of imidazole rings is 1. The number of aromatic nitrogens is 4. The highest BCUT2D eigenvalue weighted by molar-refractivity contribution is 8.14. The number of nitrogens with zero attached hydrogens (tertiary/aromatic N) is 4. The first kappa shape index (κ1) is 67.0. The number of carbonyl (C=O) groups excluding carboxylic acids is 3. The fourth-order valence-corrected chi connectivity index (χ4v) is 10.5. The number of nitrogens with two attached hydrogens (primary N) is 1. The van der Waals surface area contributed by atoms with Crippen LogP contribution in [0.5, 0.6) is 0 Å². The molecule has 2 aromatic heterocycles. The van der Waals surface area contributed by atoms with Gasteiger partial charge in [-0.3, -0.25) is 32.5 Å². The number of rotatable bonds is 38. The molecule has 2 aromatic rings. The lowest BCUT2D eigenvalue weighted by Gasteiger charge is -2.30. The molecule has 0 aromatic carbocycles. The minimum absolute atomic E-state index is 0.0296. The van der Waals surface area contributed by atoms with Gasteiger partial charge in [-0.05, 0) is 70.3 Å². The summed E-state index contributed by atoms with van der Waals surface area (Å²) in [4.78, 5) is 88.5. The molecule has 1 aliphatic rings. The molecule has 7 atom stereocenters. The van der Waals surface area contributed by atoms with Gasteiger partial charge >= 0.3 is 23.5 Å². The maximum Gasteiger partial charge on any atom is 0.481 e. The molecule has 77 heavy (non-hydrogen) atoms. The van der Waals surface area contributed by atoms with Gasteiger partial charge in [0.15, 0.2) is 17.7 Å². The van der Waals surface area contributed by atoms with Crippen LogP contribution in [0.25, 0.3) is 11.2 Å². The topological polar surface area (TPSA) is 364 Å². The molecule has 0 aliphatic carbocycles. The Hall–Kier alpha value is -4.26. The van der Waals surface area contributed by atoms with Crippen LogP contribution in [0, 0.1) is 5.41 Å². The van der Waals surface area contributed by atoms with Gasteiger partial charge in [0, 0.05) is 30.7 Å². The first-order chi connectivity index (χ1) is 36.6. The highest BCUT2D eigenvalue weighted by Gasteiger charge is 2.50. The summed E-state index contributed by atoms with van der Waals surface area (Å²) in [6.45, 7) is 2.62. The summed E-state index contributed by atoms with van der Waals surface area (Å²) in [5.41, 5.74) is 4.27. The summed E-state index contributed by atoms with van der Waals surface area (Å²) >= 11 is 1.06. The van der Waals surface area contributed by atoms with E-state index in [0.29, 0.717) is 5.75 Å². The van der Waals surface area contributed by atoms with E-state index in [4.69, 9.17) is 19.5 Å². The molecule has 3 heterocycles. The number of hydrogen-bond donors (Lipinski definition) is 9. The summed E-state index contributed by atoms with van der Waals surface area (Å²) in [5, 5.41) is 26.5. The van der Waals surface area contributed by atoms with Crippen molar-refractivity contribution in [2.75, 3.05) is 37.8 Å². The Kier molecular flexibility index (Phi) is 30.8. The van der Waals surface area contributed by atoms with Crippen molar-refractivity contribution < 1.29 is 80.5 Å². The van der Waals surface area contributed by atoms with Crippen molar-refractivity contribution in [3.63, 3.8) is 0 Å². The molecule has 28 heteroatoms. The molecule has 1 fully saturated rings. The number of nitrogens with one attached hydrogen (secondary N) is 2. The molecule has 3 rings (SSSR count). The van der Waals surface area contributed by atoms with E-state index in [-0.39, 0.29) is 41.6 Å². The van der Waals surface area contributed by atoms with Crippen LogP contribution >= 0.6 is 35.2 Å². The first-order valence-electron chi connectivity index (χ1n) is 25.2. The summed E-state index contributed by atoms with van der Waals surface area (Å²) in [6, 6.07) is 0. The SMILES string of the molecule is CC/C=C\C/C=C\C/C=C\C/C=C\C/C=C\C/C=C\CCCCCC/C=C/C(=O)SCCNC(=O)CCNC(=O)[C@H](O)C(C)(C)COP(=O)(O)OP(=O)(O)OC[C@H]1O[C@@H](n2cnc3c(N)ncnc32)[C@H](O)[C@@H]1OP(=O)(O)O. The minimum Gasteiger partial charge on any atom is -0.386 e. The van der Waals surface area contributed by atoms with Crippen molar-refractivity contribution in [1.82, 2.24) is 30.2 Å². The number of aliphatic hydroxyl groups excluding tert-OH is 2. The highest BCUT2D eigenvalue weighted by Crippen LogP contribution is 2.61. The zero-order valence-electron chi connectivity index (χ0n) is 43.6. The smallest absolute Gasteiger partial charge is 0.386 e. The number of anilines is 1. The number of phosphoric ester groups is 3. The Morgan fingerprint density at radius 3 is 1.97 bits per heavy atom. The summed E-state index contributed by atoms with van der Waals surface area (Å²) in [7, 11) is -16.4. The zero-order chi connectivity index (χ0) is 56.7. The second kappa shape index (κ2) is 35.4. The summed E-state index contributed by atoms with van der Waals surface area (Å²) in [5.74, 6) is -1.13. The van der Waals surface area contributed by atoms with Crippen molar-refractivity contribution in [2.24, 2.45) is 5.41 Å². The molecule has 430 valence electrons. The van der Waals surface area contributed by atoms with Crippen LogP contribution < -0.4 is 16.4 Å². The molecular weight excluding hydrogens is 1080 g/mol. The zero-order valence-corrected chi connectivity index (χ0v) is 47.1. The highest BCUT2D eigenvalue weighted by atomic mass is 32.2. The van der Waals surface area contributed by atoms with E-state index in [1.165, 1.54) is 19.9 Å². The summed E-state index contributed by atoms with van der Waals surface area (Å²) in [6.07, 6.45) is 34.8. The maximum absolute atomic E-state index is 12.8. The van der Waals surface area contributed by atoms with Gasteiger partial charge in [0.25, 0.3) is 0 Å². The normalized spacial score (nSPS) is 19.8. The van der Waals surface area contributed by atoms with Crippen LogP contribution in [-0.2, 0) is 50.7 Å². The van der Waals surface area contributed by atoms with Gasteiger partial charge in [-0.25, -0.2) is 28.6 Å². The summed E-state index contributed by atoms with van der Waals surface area (Å²) < 4.78 is 62.5. The van der Waals surface area contributed by atoms with E-state index in [9.17, 15) is 57.9 Å². The molecule has 24 nitrogen and oxygen atoms in total. The van der Waals surface area contributed by atoms with Gasteiger partial charge in [0.1, 0.15) is 36.3 Å². The number of carbonyl (C=O) groups is 3. The van der Waals surface area contributed by atoms with Gasteiger partial charge in [0.05, 0.1) is 19.5 Å². The van der Waals surface area contributed by atoms with E-state index in [1.54, 1.807) is 0 Å². The Balaban J connectivity index is 1.23. The average molecular weight is 1160 g/mol. The van der Waals surface area contributed by atoms with Crippen molar-refractivity contribution in [3.05, 3.63) is 97.7 Å². The Labute approximate surface area is 453 Å². The number of phosphoric acid groups is 3. The predicted molar refractivity (Wildman–Crippen MR) is 292 cm³/mol. The second-order valence-electron chi connectivity index (χ2n) is 18.0. The number of fused-ring (bicyclic) bond motifs is 1. The minimum atomic E-state index is -5.59. The third-order valence-corrected chi connectivity index (χ3v) is 15.0. The number of allylic oxidation sites excluding steroid dienone is 13. The Morgan fingerprint density at radius 2 is 1.38 bits per heavy atom. The molecule has 0 saturated carbocycles. The molecule has 1 saturated heterocycles. The lowest BCUT2D eigenvalue weighted by molar-refractivity contribution is -0.137. The largest absolute Gasteiger partial charge is 0.481 e. The lowest BCUT2D eigenvalue weighted by Crippen LogP contribution is -2.46. The van der Waals surface area contributed by atoms with Gasteiger partial charge in [-0.2, -0.15) is 4.31 Å². The van der Waals surface area contributed by atoms with Crippen molar-refractivity contribution in [2.45, 2.75) is 135 Å². The van der Waals surface area contributed by atoms with Crippen molar-refractivity contribution in [3.8, 4) is 0 Å². The number of amides is 2. The number of ether oxygens (including phenoxy) is 1. The number of aliphatic hydroxyl groups is 2. The Bertz CT molecular complexity index is 2510. The van der Waals surface area contributed by atoms with Crippen LogP contribution in [0.15, 0.2) is 97.7 Å². The molecule has 10 N–H and O–H groups in total. The molecular formula is C49H76N7O17P3S. The van der Waals surface area contributed by atoms with Gasteiger partial charge < -0.3 is 50.9 Å². The van der Waals surface area contributed by atoms with Crippen LogP contribution in [0.3, 0.4) is 0 Å². The molecule has 2 unspecified atom stereocenters. The molecule has 1 aliphatic heterocycles. The quantitative estimate of drug-likeness (QED) is 0.0138. The van der Waals surface area contributed by atoms with Crippen LogP contribution in [-0.4, -0.2) is 123 Å². The van der Waals surface area contributed by atoms with Crippen LogP contribution in [0.2, 0.25) is 0 Å². The second-order valence-corrected chi connectivity index (χ2v) is 23.4. The monoisotopic (exact) mass is 1160 g/mol. The number of unbranched alkanes of at least 4 members (excludes halogenated alkanes) is 5. The van der Waals surface area contributed by atoms with E-state index < -0.39 is 84.6 Å². The molecule has 0 bridgehead atoms.